The molecule has 1 N–H and O–H groups in total. The van der Waals surface area contributed by atoms with E-state index < -0.39 is 27.9 Å². The van der Waals surface area contributed by atoms with Gasteiger partial charge in [-0.3, -0.25) is 4.79 Å². The summed E-state index contributed by atoms with van der Waals surface area (Å²) in [5.41, 5.74) is 1.09. The van der Waals surface area contributed by atoms with Crippen LogP contribution in [0.5, 0.6) is 5.75 Å². The van der Waals surface area contributed by atoms with Crippen molar-refractivity contribution >= 4 is 27.6 Å². The lowest BCUT2D eigenvalue weighted by Gasteiger charge is -2.28. The quantitative estimate of drug-likeness (QED) is 0.465. The highest BCUT2D eigenvalue weighted by molar-refractivity contribution is 7.89. The Kier molecular flexibility index (Phi) is 8.04. The Morgan fingerprint density at radius 3 is 2.15 bits per heavy atom. The Balaban J connectivity index is 1.93. The van der Waals surface area contributed by atoms with Crippen LogP contribution in [-0.4, -0.2) is 45.9 Å². The van der Waals surface area contributed by atoms with Crippen LogP contribution >= 0.6 is 0 Å². The van der Waals surface area contributed by atoms with Gasteiger partial charge in [0.2, 0.25) is 15.9 Å². The molecule has 3 aromatic carbocycles. The fourth-order valence-corrected chi connectivity index (χ4v) is 4.83. The van der Waals surface area contributed by atoms with Gasteiger partial charge in [-0.2, -0.15) is 4.31 Å². The minimum Gasteiger partial charge on any atom is -0.497 e. The molecule has 0 radical (unpaired) electrons. The molecule has 0 fully saturated rings. The molecule has 0 spiro atoms. The van der Waals surface area contributed by atoms with E-state index in [0.717, 1.165) is 0 Å². The van der Waals surface area contributed by atoms with Crippen LogP contribution in [0.15, 0.2) is 83.8 Å². The molecule has 178 valence electrons. The van der Waals surface area contributed by atoms with Gasteiger partial charge in [0.1, 0.15) is 5.75 Å². The third kappa shape index (κ3) is 5.62. The average Bonchev–Trinajstić information content (AvgIpc) is 2.87. The molecule has 34 heavy (non-hydrogen) atoms. The Morgan fingerprint density at radius 2 is 1.53 bits per heavy atom. The molecule has 8 nitrogen and oxygen atoms in total. The third-order valence-electron chi connectivity index (χ3n) is 5.34. The predicted molar refractivity (Wildman–Crippen MR) is 128 cm³/mol. The van der Waals surface area contributed by atoms with E-state index in [1.54, 1.807) is 60.7 Å². The topological polar surface area (TPSA) is 102 Å². The highest BCUT2D eigenvalue weighted by Gasteiger charge is 2.31. The summed E-state index contributed by atoms with van der Waals surface area (Å²) in [5, 5.41) is 2.71. The van der Waals surface area contributed by atoms with Gasteiger partial charge >= 0.3 is 5.97 Å². The average molecular weight is 483 g/mol. The van der Waals surface area contributed by atoms with Gasteiger partial charge in [0.05, 0.1) is 36.4 Å². The van der Waals surface area contributed by atoms with Gasteiger partial charge < -0.3 is 14.8 Å². The van der Waals surface area contributed by atoms with Crippen LogP contribution in [0.2, 0.25) is 0 Å². The second-order valence-electron chi connectivity index (χ2n) is 7.41. The maximum absolute atomic E-state index is 13.3. The number of anilines is 1. The number of nitrogens with zero attached hydrogens (tertiary/aromatic N) is 1. The number of carbonyl (C=O) groups is 2. The molecule has 0 heterocycles. The first-order valence-corrected chi connectivity index (χ1v) is 11.9. The second kappa shape index (κ2) is 11.0. The minimum atomic E-state index is -3.90. The van der Waals surface area contributed by atoms with Crippen molar-refractivity contribution in [3.05, 3.63) is 90.0 Å². The van der Waals surface area contributed by atoms with E-state index >= 15 is 0 Å². The van der Waals surface area contributed by atoms with Crippen molar-refractivity contribution in [3.8, 4) is 5.75 Å². The summed E-state index contributed by atoms with van der Waals surface area (Å²) in [6.07, 6.45) is -0.190. The normalized spacial score (nSPS) is 12.1. The number of para-hydroxylation sites is 1. The SMILES string of the molecule is COC(=O)c1ccccc1NC(=O)C[C@H](c1ccc(OC)cc1)N(C)S(=O)(=O)c1ccccc1. The number of benzene rings is 3. The number of hydrogen-bond acceptors (Lipinski definition) is 6. The van der Waals surface area contributed by atoms with Gasteiger partial charge in [-0.1, -0.05) is 42.5 Å². The Morgan fingerprint density at radius 1 is 0.912 bits per heavy atom. The predicted octanol–water partition coefficient (Wildman–Crippen LogP) is 3.87. The molecule has 0 aliphatic rings. The van der Waals surface area contributed by atoms with Crippen molar-refractivity contribution < 1.29 is 27.5 Å². The molecule has 0 saturated heterocycles. The second-order valence-corrected chi connectivity index (χ2v) is 9.41. The number of ether oxygens (including phenoxy) is 2. The minimum absolute atomic E-state index is 0.118. The molecule has 0 unspecified atom stereocenters. The summed E-state index contributed by atoms with van der Waals surface area (Å²) in [7, 11) is 0.326. The summed E-state index contributed by atoms with van der Waals surface area (Å²) in [6.45, 7) is 0. The zero-order valence-electron chi connectivity index (χ0n) is 19.1. The molecule has 3 aromatic rings. The molecule has 9 heteroatoms. The molecule has 0 saturated carbocycles. The van der Waals surface area contributed by atoms with Crippen LogP contribution in [0.25, 0.3) is 0 Å². The van der Waals surface area contributed by atoms with Crippen molar-refractivity contribution in [2.75, 3.05) is 26.6 Å². The number of nitrogens with one attached hydrogen (secondary N) is 1. The zero-order chi connectivity index (χ0) is 24.7. The van der Waals surface area contributed by atoms with E-state index in [2.05, 4.69) is 5.32 Å². The van der Waals surface area contributed by atoms with Gasteiger partial charge in [0.15, 0.2) is 0 Å². The lowest BCUT2D eigenvalue weighted by atomic mass is 10.0. The van der Waals surface area contributed by atoms with Crippen molar-refractivity contribution in [2.45, 2.75) is 17.4 Å². The zero-order valence-corrected chi connectivity index (χ0v) is 19.9. The lowest BCUT2D eigenvalue weighted by Crippen LogP contribution is -2.34. The number of methoxy groups -OCH3 is 2. The van der Waals surface area contributed by atoms with E-state index in [0.29, 0.717) is 11.3 Å². The summed E-state index contributed by atoms with van der Waals surface area (Å²) in [5.74, 6) is -0.453. The number of amides is 1. The highest BCUT2D eigenvalue weighted by atomic mass is 32.2. The molecule has 0 bridgehead atoms. The van der Waals surface area contributed by atoms with Crippen LogP contribution in [0.4, 0.5) is 5.69 Å². The molecule has 1 atom stereocenters. The summed E-state index contributed by atoms with van der Waals surface area (Å²) >= 11 is 0. The van der Waals surface area contributed by atoms with Crippen molar-refractivity contribution in [3.63, 3.8) is 0 Å². The number of sulfonamides is 1. The number of esters is 1. The number of carbonyl (C=O) groups excluding carboxylic acids is 2. The van der Waals surface area contributed by atoms with E-state index in [-0.39, 0.29) is 22.6 Å². The van der Waals surface area contributed by atoms with Crippen LogP contribution in [0.1, 0.15) is 28.4 Å². The Hall–Kier alpha value is -3.69. The molecular formula is C25H26N2O6S. The standard InChI is InChI=1S/C25H26N2O6S/c1-27(34(30,31)20-9-5-4-6-10-20)23(18-13-15-19(32-2)16-14-18)17-24(28)26-22-12-8-7-11-21(22)25(29)33-3/h4-16,23H,17H2,1-3H3,(H,26,28)/t23-/m1/s1. The molecule has 0 aliphatic heterocycles. The Labute approximate surface area is 199 Å². The fourth-order valence-electron chi connectivity index (χ4n) is 3.47. The van der Waals surface area contributed by atoms with Gasteiger partial charge in [0, 0.05) is 13.5 Å². The van der Waals surface area contributed by atoms with Gasteiger partial charge in [-0.05, 0) is 42.0 Å². The van der Waals surface area contributed by atoms with Crippen molar-refractivity contribution in [2.24, 2.45) is 0 Å². The summed E-state index contributed by atoms with van der Waals surface area (Å²) in [4.78, 5) is 25.2. The van der Waals surface area contributed by atoms with Gasteiger partial charge in [0.25, 0.3) is 0 Å². The van der Waals surface area contributed by atoms with Crippen LogP contribution in [0.3, 0.4) is 0 Å². The van der Waals surface area contributed by atoms with E-state index in [1.165, 1.54) is 43.8 Å². The first-order chi connectivity index (χ1) is 16.3. The Bertz CT molecular complexity index is 1240. The van der Waals surface area contributed by atoms with Crippen molar-refractivity contribution in [1.29, 1.82) is 0 Å². The van der Waals surface area contributed by atoms with E-state index in [4.69, 9.17) is 9.47 Å². The summed E-state index contributed by atoms with van der Waals surface area (Å²) < 4.78 is 37.7. The first kappa shape index (κ1) is 24.9. The highest BCUT2D eigenvalue weighted by Crippen LogP contribution is 2.30. The first-order valence-electron chi connectivity index (χ1n) is 10.4. The lowest BCUT2D eigenvalue weighted by molar-refractivity contribution is -0.117. The number of rotatable bonds is 9. The van der Waals surface area contributed by atoms with Gasteiger partial charge in [-0.15, -0.1) is 0 Å². The largest absolute Gasteiger partial charge is 0.497 e. The van der Waals surface area contributed by atoms with Gasteiger partial charge in [-0.25, -0.2) is 13.2 Å². The smallest absolute Gasteiger partial charge is 0.339 e. The van der Waals surface area contributed by atoms with Crippen LogP contribution in [0, 0.1) is 0 Å². The maximum Gasteiger partial charge on any atom is 0.339 e. The molecule has 3 rings (SSSR count). The monoisotopic (exact) mass is 482 g/mol. The van der Waals surface area contributed by atoms with Crippen LogP contribution in [-0.2, 0) is 19.6 Å². The molecule has 0 aromatic heterocycles. The third-order valence-corrected chi connectivity index (χ3v) is 7.23. The summed E-state index contributed by atoms with van der Waals surface area (Å²) in [6, 6.07) is 20.5. The van der Waals surface area contributed by atoms with E-state index in [9.17, 15) is 18.0 Å². The molecular weight excluding hydrogens is 456 g/mol. The number of hydrogen-bond donors (Lipinski definition) is 1. The van der Waals surface area contributed by atoms with Crippen LogP contribution < -0.4 is 10.1 Å². The molecule has 1 amide bonds. The van der Waals surface area contributed by atoms with E-state index in [1.807, 2.05) is 0 Å². The fraction of sp³-hybridized carbons (Fsp3) is 0.200. The van der Waals surface area contributed by atoms with Crippen molar-refractivity contribution in [1.82, 2.24) is 4.31 Å². The molecule has 0 aliphatic carbocycles. The maximum atomic E-state index is 13.3.